The summed E-state index contributed by atoms with van der Waals surface area (Å²) in [6.07, 6.45) is 1.80. The average Bonchev–Trinajstić information content (AvgIpc) is 2.39. The minimum Gasteiger partial charge on any atom is -0.313 e. The van der Waals surface area contributed by atoms with Crippen molar-refractivity contribution in [2.45, 2.75) is 44.9 Å². The molecule has 2 unspecified atom stereocenters. The van der Waals surface area contributed by atoms with Crippen molar-refractivity contribution in [2.75, 3.05) is 12.3 Å². The Labute approximate surface area is 125 Å². The fourth-order valence-corrected chi connectivity index (χ4v) is 3.12. The van der Waals surface area contributed by atoms with Gasteiger partial charge in [0.25, 0.3) is 0 Å². The maximum atomic E-state index is 13.8. The SMILES string of the molecule is CCNC(CSC(C)CC)Cc1c(F)cccc1Cl. The molecule has 0 saturated heterocycles. The van der Waals surface area contributed by atoms with E-state index in [-0.39, 0.29) is 11.9 Å². The largest absolute Gasteiger partial charge is 0.313 e. The topological polar surface area (TPSA) is 12.0 Å². The van der Waals surface area contributed by atoms with E-state index < -0.39 is 0 Å². The van der Waals surface area contributed by atoms with Crippen molar-refractivity contribution in [3.8, 4) is 0 Å². The van der Waals surface area contributed by atoms with Crippen molar-refractivity contribution in [1.29, 1.82) is 0 Å². The Kier molecular flexibility index (Phi) is 7.81. The number of hydrogen-bond acceptors (Lipinski definition) is 2. The maximum absolute atomic E-state index is 13.8. The number of thioether (sulfide) groups is 1. The molecule has 0 radical (unpaired) electrons. The van der Waals surface area contributed by atoms with Crippen LogP contribution in [0, 0.1) is 5.82 Å². The highest BCUT2D eigenvalue weighted by Gasteiger charge is 2.15. The number of benzene rings is 1. The second-order valence-electron chi connectivity index (χ2n) is 4.71. The first-order valence-electron chi connectivity index (χ1n) is 6.86. The molecule has 0 spiro atoms. The molecule has 19 heavy (non-hydrogen) atoms. The highest BCUT2D eigenvalue weighted by atomic mass is 35.5. The molecule has 0 heterocycles. The molecular weight excluding hydrogens is 281 g/mol. The summed E-state index contributed by atoms with van der Waals surface area (Å²) in [7, 11) is 0. The molecule has 1 nitrogen and oxygen atoms in total. The summed E-state index contributed by atoms with van der Waals surface area (Å²) in [5, 5.41) is 4.58. The first-order valence-corrected chi connectivity index (χ1v) is 8.29. The quantitative estimate of drug-likeness (QED) is 0.757. The van der Waals surface area contributed by atoms with Gasteiger partial charge in [-0.05, 0) is 31.5 Å². The van der Waals surface area contributed by atoms with Crippen LogP contribution in [0.25, 0.3) is 0 Å². The number of likely N-dealkylation sites (N-methyl/N-ethyl adjacent to an activating group) is 1. The van der Waals surface area contributed by atoms with Crippen LogP contribution in [-0.2, 0) is 6.42 Å². The Morgan fingerprint density at radius 2 is 2.11 bits per heavy atom. The molecule has 2 atom stereocenters. The minimum atomic E-state index is -0.205. The van der Waals surface area contributed by atoms with E-state index in [1.165, 1.54) is 6.07 Å². The first-order chi connectivity index (χ1) is 9.08. The third-order valence-corrected chi connectivity index (χ3v) is 5.01. The first kappa shape index (κ1) is 16.8. The second kappa shape index (κ2) is 8.83. The van der Waals surface area contributed by atoms with Gasteiger partial charge in [-0.3, -0.25) is 0 Å². The predicted molar refractivity (Wildman–Crippen MR) is 84.8 cm³/mol. The Morgan fingerprint density at radius 3 is 2.68 bits per heavy atom. The van der Waals surface area contributed by atoms with Crippen LogP contribution in [-0.4, -0.2) is 23.6 Å². The molecule has 0 aliphatic rings. The van der Waals surface area contributed by atoms with Crippen molar-refractivity contribution in [3.05, 3.63) is 34.6 Å². The van der Waals surface area contributed by atoms with E-state index in [2.05, 4.69) is 26.1 Å². The highest BCUT2D eigenvalue weighted by Crippen LogP contribution is 2.22. The van der Waals surface area contributed by atoms with Gasteiger partial charge in [0.05, 0.1) is 0 Å². The molecule has 0 aliphatic carbocycles. The minimum absolute atomic E-state index is 0.205. The Bertz CT molecular complexity index is 366. The molecule has 0 amide bonds. The van der Waals surface area contributed by atoms with Gasteiger partial charge in [0.1, 0.15) is 5.82 Å². The predicted octanol–water partition coefficient (Wildman–Crippen LogP) is 4.53. The molecule has 1 N–H and O–H groups in total. The Hall–Kier alpha value is -0.250. The van der Waals surface area contributed by atoms with Gasteiger partial charge in [0.2, 0.25) is 0 Å². The summed E-state index contributed by atoms with van der Waals surface area (Å²) in [6.45, 7) is 7.37. The molecule has 0 bridgehead atoms. The van der Waals surface area contributed by atoms with Gasteiger partial charge in [-0.1, -0.05) is 38.4 Å². The maximum Gasteiger partial charge on any atom is 0.127 e. The van der Waals surface area contributed by atoms with Crippen LogP contribution in [0.5, 0.6) is 0 Å². The number of nitrogens with one attached hydrogen (secondary N) is 1. The van der Waals surface area contributed by atoms with Crippen LogP contribution in [0.3, 0.4) is 0 Å². The number of halogens is 2. The van der Waals surface area contributed by atoms with Crippen LogP contribution in [0.2, 0.25) is 5.02 Å². The fourth-order valence-electron chi connectivity index (χ4n) is 1.85. The molecule has 0 fully saturated rings. The molecule has 1 rings (SSSR count). The lowest BCUT2D eigenvalue weighted by atomic mass is 10.1. The monoisotopic (exact) mass is 303 g/mol. The third-order valence-electron chi connectivity index (χ3n) is 3.16. The number of rotatable bonds is 8. The Balaban J connectivity index is 2.67. The van der Waals surface area contributed by atoms with Crippen molar-refractivity contribution in [1.82, 2.24) is 5.32 Å². The van der Waals surface area contributed by atoms with Crippen LogP contribution >= 0.6 is 23.4 Å². The van der Waals surface area contributed by atoms with E-state index in [9.17, 15) is 4.39 Å². The van der Waals surface area contributed by atoms with Gasteiger partial charge in [-0.25, -0.2) is 4.39 Å². The van der Waals surface area contributed by atoms with Gasteiger partial charge in [0, 0.05) is 27.6 Å². The summed E-state index contributed by atoms with van der Waals surface area (Å²) in [4.78, 5) is 0. The third kappa shape index (κ3) is 5.72. The van der Waals surface area contributed by atoms with Gasteiger partial charge < -0.3 is 5.32 Å². The Morgan fingerprint density at radius 1 is 1.37 bits per heavy atom. The van der Waals surface area contributed by atoms with E-state index >= 15 is 0 Å². The van der Waals surface area contributed by atoms with Crippen LogP contribution < -0.4 is 5.32 Å². The van der Waals surface area contributed by atoms with E-state index in [0.29, 0.717) is 22.3 Å². The smallest absolute Gasteiger partial charge is 0.127 e. The standard InChI is InChI=1S/C15H23ClFNS/c1-4-11(3)19-10-12(18-5-2)9-13-14(16)7-6-8-15(13)17/h6-8,11-12,18H,4-5,9-10H2,1-3H3. The summed E-state index contributed by atoms with van der Waals surface area (Å²) >= 11 is 8.02. The van der Waals surface area contributed by atoms with E-state index in [1.54, 1.807) is 12.1 Å². The normalized spacial score (nSPS) is 14.4. The zero-order valence-electron chi connectivity index (χ0n) is 11.9. The fraction of sp³-hybridized carbons (Fsp3) is 0.600. The zero-order chi connectivity index (χ0) is 14.3. The van der Waals surface area contributed by atoms with Gasteiger partial charge in [0.15, 0.2) is 0 Å². The van der Waals surface area contributed by atoms with Crippen LogP contribution in [0.4, 0.5) is 4.39 Å². The van der Waals surface area contributed by atoms with Crippen molar-refractivity contribution in [2.24, 2.45) is 0 Å². The molecule has 4 heteroatoms. The summed E-state index contributed by atoms with van der Waals surface area (Å²) in [6, 6.07) is 5.15. The zero-order valence-corrected chi connectivity index (χ0v) is 13.5. The van der Waals surface area contributed by atoms with Gasteiger partial charge in [-0.15, -0.1) is 0 Å². The summed E-state index contributed by atoms with van der Waals surface area (Å²) in [5.41, 5.74) is 0.625. The number of hydrogen-bond donors (Lipinski definition) is 1. The van der Waals surface area contributed by atoms with Crippen molar-refractivity contribution < 1.29 is 4.39 Å². The second-order valence-corrected chi connectivity index (χ2v) is 6.59. The molecular formula is C15H23ClFNS. The van der Waals surface area contributed by atoms with Crippen LogP contribution in [0.1, 0.15) is 32.8 Å². The van der Waals surface area contributed by atoms with Gasteiger partial charge >= 0.3 is 0 Å². The van der Waals surface area contributed by atoms with Crippen LogP contribution in [0.15, 0.2) is 18.2 Å². The lowest BCUT2D eigenvalue weighted by molar-refractivity contribution is 0.545. The molecule has 1 aromatic rings. The van der Waals surface area contributed by atoms with Crippen molar-refractivity contribution in [3.63, 3.8) is 0 Å². The molecule has 0 aromatic heterocycles. The lowest BCUT2D eigenvalue weighted by Gasteiger charge is -2.20. The average molecular weight is 304 g/mol. The summed E-state index contributed by atoms with van der Waals surface area (Å²) in [5.74, 6) is 0.775. The molecule has 108 valence electrons. The highest BCUT2D eigenvalue weighted by molar-refractivity contribution is 7.99. The van der Waals surface area contributed by atoms with Crippen molar-refractivity contribution >= 4 is 23.4 Å². The molecule has 0 saturated carbocycles. The molecule has 0 aliphatic heterocycles. The lowest BCUT2D eigenvalue weighted by Crippen LogP contribution is -2.34. The van der Waals surface area contributed by atoms with E-state index in [4.69, 9.17) is 11.6 Å². The van der Waals surface area contributed by atoms with E-state index in [0.717, 1.165) is 18.7 Å². The summed E-state index contributed by atoms with van der Waals surface area (Å²) < 4.78 is 13.8. The van der Waals surface area contributed by atoms with E-state index in [1.807, 2.05) is 11.8 Å². The molecule has 1 aromatic carbocycles. The van der Waals surface area contributed by atoms with Gasteiger partial charge in [-0.2, -0.15) is 11.8 Å².